The molecule has 0 aliphatic carbocycles. The molecule has 0 saturated carbocycles. The van der Waals surface area contributed by atoms with Crippen LogP contribution in [0.15, 0.2) is 24.3 Å². The molecule has 1 aliphatic heterocycles. The van der Waals surface area contributed by atoms with Crippen LogP contribution in [-0.4, -0.2) is 49.8 Å². The van der Waals surface area contributed by atoms with Gasteiger partial charge in [-0.25, -0.2) is 4.79 Å². The summed E-state index contributed by atoms with van der Waals surface area (Å²) in [5, 5.41) is 5.77. The van der Waals surface area contributed by atoms with E-state index < -0.39 is 0 Å². The van der Waals surface area contributed by atoms with Gasteiger partial charge in [0.1, 0.15) is 0 Å². The van der Waals surface area contributed by atoms with Gasteiger partial charge in [0.25, 0.3) is 0 Å². The standard InChI is InChI=1S/C15H24N4O2/c1-12(11-19-6-8-21-9-7-19)17-15(20)18-14-4-2-13(10-16)3-5-14/h2-5,12H,6-11,16H2,1H3,(H2,17,18,20). The monoisotopic (exact) mass is 292 g/mol. The molecule has 1 aliphatic rings. The Morgan fingerprint density at radius 3 is 2.62 bits per heavy atom. The second-order valence-electron chi connectivity index (χ2n) is 5.31. The number of hydrogen-bond acceptors (Lipinski definition) is 4. The number of nitrogens with two attached hydrogens (primary N) is 1. The minimum Gasteiger partial charge on any atom is -0.379 e. The van der Waals surface area contributed by atoms with Crippen molar-refractivity contribution in [2.45, 2.75) is 19.5 Å². The molecule has 6 heteroatoms. The molecule has 0 radical (unpaired) electrons. The van der Waals surface area contributed by atoms with Crippen molar-refractivity contribution >= 4 is 11.7 Å². The highest BCUT2D eigenvalue weighted by molar-refractivity contribution is 5.89. The van der Waals surface area contributed by atoms with Crippen LogP contribution in [0.4, 0.5) is 10.5 Å². The summed E-state index contributed by atoms with van der Waals surface area (Å²) >= 11 is 0. The number of amides is 2. The fourth-order valence-electron chi connectivity index (χ4n) is 2.33. The van der Waals surface area contributed by atoms with Crippen LogP contribution < -0.4 is 16.4 Å². The van der Waals surface area contributed by atoms with Crippen LogP contribution in [0.3, 0.4) is 0 Å². The first-order chi connectivity index (χ1) is 10.2. The number of carbonyl (C=O) groups excluding carboxylic acids is 1. The zero-order chi connectivity index (χ0) is 15.1. The first kappa shape index (κ1) is 15.8. The Labute approximate surface area is 125 Å². The van der Waals surface area contributed by atoms with Crippen LogP contribution in [0.2, 0.25) is 0 Å². The van der Waals surface area contributed by atoms with Gasteiger partial charge in [-0.05, 0) is 24.6 Å². The van der Waals surface area contributed by atoms with Crippen molar-refractivity contribution < 1.29 is 9.53 Å². The zero-order valence-corrected chi connectivity index (χ0v) is 12.5. The summed E-state index contributed by atoms with van der Waals surface area (Å²) in [6, 6.07) is 7.44. The third-order valence-corrected chi connectivity index (χ3v) is 3.46. The molecule has 6 nitrogen and oxygen atoms in total. The van der Waals surface area contributed by atoms with Crippen LogP contribution in [0.25, 0.3) is 0 Å². The number of morpholine rings is 1. The molecule has 1 heterocycles. The van der Waals surface area contributed by atoms with Crippen molar-refractivity contribution in [3.63, 3.8) is 0 Å². The third-order valence-electron chi connectivity index (χ3n) is 3.46. The normalized spacial score (nSPS) is 17.2. The Kier molecular flexibility index (Phi) is 5.98. The minimum absolute atomic E-state index is 0.0893. The number of nitrogens with zero attached hydrogens (tertiary/aromatic N) is 1. The molecular weight excluding hydrogens is 268 g/mol. The van der Waals surface area contributed by atoms with Gasteiger partial charge in [0.2, 0.25) is 0 Å². The van der Waals surface area contributed by atoms with E-state index in [4.69, 9.17) is 10.5 Å². The van der Waals surface area contributed by atoms with E-state index in [0.29, 0.717) is 6.54 Å². The van der Waals surface area contributed by atoms with Gasteiger partial charge in [0.05, 0.1) is 13.2 Å². The predicted molar refractivity (Wildman–Crippen MR) is 83.2 cm³/mol. The van der Waals surface area contributed by atoms with E-state index in [1.165, 1.54) is 0 Å². The Morgan fingerprint density at radius 2 is 2.00 bits per heavy atom. The number of urea groups is 1. The molecule has 1 unspecified atom stereocenters. The molecule has 1 saturated heterocycles. The maximum Gasteiger partial charge on any atom is 0.319 e. The predicted octanol–water partition coefficient (Wildman–Crippen LogP) is 0.988. The topological polar surface area (TPSA) is 79.6 Å². The number of hydrogen-bond donors (Lipinski definition) is 3. The highest BCUT2D eigenvalue weighted by atomic mass is 16.5. The maximum atomic E-state index is 11.9. The lowest BCUT2D eigenvalue weighted by molar-refractivity contribution is 0.0350. The number of nitrogens with one attached hydrogen (secondary N) is 2. The average molecular weight is 292 g/mol. The highest BCUT2D eigenvalue weighted by Gasteiger charge is 2.15. The molecule has 21 heavy (non-hydrogen) atoms. The van der Waals surface area contributed by atoms with Crippen LogP contribution in [0, 0.1) is 0 Å². The van der Waals surface area contributed by atoms with Gasteiger partial charge in [-0.3, -0.25) is 4.90 Å². The molecule has 1 aromatic rings. The molecular formula is C15H24N4O2. The second kappa shape index (κ2) is 7.97. The van der Waals surface area contributed by atoms with E-state index in [1.54, 1.807) is 0 Å². The van der Waals surface area contributed by atoms with Crippen molar-refractivity contribution in [1.82, 2.24) is 10.2 Å². The average Bonchev–Trinajstić information content (AvgIpc) is 2.48. The molecule has 0 aromatic heterocycles. The molecule has 0 spiro atoms. The summed E-state index contributed by atoms with van der Waals surface area (Å²) < 4.78 is 5.31. The van der Waals surface area contributed by atoms with E-state index >= 15 is 0 Å². The summed E-state index contributed by atoms with van der Waals surface area (Å²) in [6.45, 7) is 6.74. The highest BCUT2D eigenvalue weighted by Crippen LogP contribution is 2.09. The SMILES string of the molecule is CC(CN1CCOCC1)NC(=O)Nc1ccc(CN)cc1. The van der Waals surface area contributed by atoms with Crippen molar-refractivity contribution in [3.8, 4) is 0 Å². The third kappa shape index (κ3) is 5.34. The quantitative estimate of drug-likeness (QED) is 0.756. The van der Waals surface area contributed by atoms with Gasteiger partial charge in [0.15, 0.2) is 0 Å². The lowest BCUT2D eigenvalue weighted by Crippen LogP contribution is -2.47. The number of ether oxygens (including phenoxy) is 1. The smallest absolute Gasteiger partial charge is 0.319 e. The first-order valence-electron chi connectivity index (χ1n) is 7.34. The minimum atomic E-state index is -0.184. The molecule has 2 rings (SSSR count). The number of benzene rings is 1. The van der Waals surface area contributed by atoms with Gasteiger partial charge < -0.3 is 21.1 Å². The zero-order valence-electron chi connectivity index (χ0n) is 12.5. The fraction of sp³-hybridized carbons (Fsp3) is 0.533. The van der Waals surface area contributed by atoms with Gasteiger partial charge >= 0.3 is 6.03 Å². The van der Waals surface area contributed by atoms with E-state index in [-0.39, 0.29) is 12.1 Å². The van der Waals surface area contributed by atoms with Gasteiger partial charge in [0, 0.05) is 37.9 Å². The van der Waals surface area contributed by atoms with E-state index in [2.05, 4.69) is 15.5 Å². The Morgan fingerprint density at radius 1 is 1.33 bits per heavy atom. The Hall–Kier alpha value is -1.63. The van der Waals surface area contributed by atoms with Crippen molar-refractivity contribution in [3.05, 3.63) is 29.8 Å². The first-order valence-corrected chi connectivity index (χ1v) is 7.34. The Balaban J connectivity index is 1.74. The summed E-state index contributed by atoms with van der Waals surface area (Å²) in [5.41, 5.74) is 7.35. The fourth-order valence-corrected chi connectivity index (χ4v) is 2.33. The molecule has 1 fully saturated rings. The van der Waals surface area contributed by atoms with E-state index in [9.17, 15) is 4.79 Å². The summed E-state index contributed by atoms with van der Waals surface area (Å²) in [7, 11) is 0. The Bertz CT molecular complexity index is 443. The van der Waals surface area contributed by atoms with Crippen molar-refractivity contribution in [2.75, 3.05) is 38.2 Å². The van der Waals surface area contributed by atoms with Gasteiger partial charge in [-0.2, -0.15) is 0 Å². The largest absolute Gasteiger partial charge is 0.379 e. The van der Waals surface area contributed by atoms with Gasteiger partial charge in [-0.1, -0.05) is 12.1 Å². The van der Waals surface area contributed by atoms with Crippen LogP contribution >= 0.6 is 0 Å². The van der Waals surface area contributed by atoms with E-state index in [1.807, 2.05) is 31.2 Å². The molecule has 0 bridgehead atoms. The van der Waals surface area contributed by atoms with Crippen molar-refractivity contribution in [2.24, 2.45) is 5.73 Å². The number of carbonyl (C=O) groups is 1. The number of rotatable bonds is 5. The molecule has 116 valence electrons. The molecule has 1 atom stereocenters. The summed E-state index contributed by atoms with van der Waals surface area (Å²) in [5.74, 6) is 0. The lowest BCUT2D eigenvalue weighted by atomic mass is 10.2. The summed E-state index contributed by atoms with van der Waals surface area (Å²) in [4.78, 5) is 14.2. The molecule has 1 aromatic carbocycles. The number of anilines is 1. The second-order valence-corrected chi connectivity index (χ2v) is 5.31. The lowest BCUT2D eigenvalue weighted by Gasteiger charge is -2.29. The van der Waals surface area contributed by atoms with Crippen molar-refractivity contribution in [1.29, 1.82) is 0 Å². The molecule has 4 N–H and O–H groups in total. The van der Waals surface area contributed by atoms with Gasteiger partial charge in [-0.15, -0.1) is 0 Å². The van der Waals surface area contributed by atoms with Crippen LogP contribution in [0.1, 0.15) is 12.5 Å². The maximum absolute atomic E-state index is 11.9. The molecule has 2 amide bonds. The van der Waals surface area contributed by atoms with Crippen LogP contribution in [0.5, 0.6) is 0 Å². The van der Waals surface area contributed by atoms with E-state index in [0.717, 1.165) is 44.1 Å². The van der Waals surface area contributed by atoms with Crippen LogP contribution in [-0.2, 0) is 11.3 Å². The summed E-state index contributed by atoms with van der Waals surface area (Å²) in [6.07, 6.45) is 0.